The van der Waals surface area contributed by atoms with Crippen LogP contribution in [-0.4, -0.2) is 16.8 Å². The molecule has 0 saturated carbocycles. The lowest BCUT2D eigenvalue weighted by Crippen LogP contribution is -2.05. The van der Waals surface area contributed by atoms with Gasteiger partial charge in [0.15, 0.2) is 5.70 Å². The van der Waals surface area contributed by atoms with Crippen molar-refractivity contribution in [2.45, 2.75) is 0 Å². The van der Waals surface area contributed by atoms with Gasteiger partial charge in [0.2, 0.25) is 5.90 Å². The molecule has 0 fully saturated rings. The predicted octanol–water partition coefficient (Wildman–Crippen LogP) is 3.50. The van der Waals surface area contributed by atoms with Crippen molar-refractivity contribution < 1.29 is 14.5 Å². The number of aliphatic imine (C=N–C) groups is 1. The van der Waals surface area contributed by atoms with Gasteiger partial charge in [-0.05, 0) is 23.8 Å². The van der Waals surface area contributed by atoms with Crippen molar-refractivity contribution in [3.05, 3.63) is 93.7 Å². The largest absolute Gasteiger partial charge is 0.402 e. The standard InChI is InChI=1S/C18H12N2O4/c21-18-16(8-4-7-13-5-2-1-3-6-13)19-17(24-18)14-9-11-15(12-10-14)20(22)23/h1-12H/b7-4+,16-8+. The number of carbonyl (C=O) groups excluding carboxylic acids is 1. The Bertz CT molecular complexity index is 866. The molecule has 1 aliphatic heterocycles. The number of ether oxygens (including phenoxy) is 1. The van der Waals surface area contributed by atoms with Crippen molar-refractivity contribution >= 4 is 23.6 Å². The van der Waals surface area contributed by atoms with E-state index in [0.717, 1.165) is 5.56 Å². The molecular weight excluding hydrogens is 308 g/mol. The molecule has 0 unspecified atom stereocenters. The third-order valence-corrected chi connectivity index (χ3v) is 3.29. The molecule has 6 nitrogen and oxygen atoms in total. The van der Waals surface area contributed by atoms with Gasteiger partial charge in [-0.1, -0.05) is 42.5 Å². The Labute approximate surface area is 137 Å². The van der Waals surface area contributed by atoms with Crippen LogP contribution in [0, 0.1) is 10.1 Å². The van der Waals surface area contributed by atoms with Crippen molar-refractivity contribution in [2.75, 3.05) is 0 Å². The second-order valence-electron chi connectivity index (χ2n) is 4.93. The molecule has 6 heteroatoms. The van der Waals surface area contributed by atoms with Crippen molar-refractivity contribution in [3.8, 4) is 0 Å². The van der Waals surface area contributed by atoms with Crippen LogP contribution in [0.1, 0.15) is 11.1 Å². The van der Waals surface area contributed by atoms with Gasteiger partial charge in [-0.15, -0.1) is 0 Å². The zero-order valence-corrected chi connectivity index (χ0v) is 12.5. The summed E-state index contributed by atoms with van der Waals surface area (Å²) in [7, 11) is 0. The number of rotatable bonds is 4. The van der Waals surface area contributed by atoms with Gasteiger partial charge in [0.1, 0.15) is 0 Å². The second kappa shape index (κ2) is 6.70. The summed E-state index contributed by atoms with van der Waals surface area (Å²) in [6.45, 7) is 0. The average Bonchev–Trinajstić information content (AvgIpc) is 2.97. The molecule has 1 aliphatic rings. The van der Waals surface area contributed by atoms with E-state index in [2.05, 4.69) is 4.99 Å². The van der Waals surface area contributed by atoms with Crippen LogP contribution in [0.5, 0.6) is 0 Å². The molecule has 0 aliphatic carbocycles. The van der Waals surface area contributed by atoms with Crippen molar-refractivity contribution in [1.29, 1.82) is 0 Å². The number of benzene rings is 2. The van der Waals surface area contributed by atoms with Gasteiger partial charge >= 0.3 is 5.97 Å². The first-order valence-corrected chi connectivity index (χ1v) is 7.12. The maximum Gasteiger partial charge on any atom is 0.363 e. The van der Waals surface area contributed by atoms with Gasteiger partial charge in [0.05, 0.1) is 4.92 Å². The van der Waals surface area contributed by atoms with E-state index in [0.29, 0.717) is 5.56 Å². The van der Waals surface area contributed by atoms with Gasteiger partial charge in [0.25, 0.3) is 5.69 Å². The summed E-state index contributed by atoms with van der Waals surface area (Å²) in [5.41, 5.74) is 1.64. The average molecular weight is 320 g/mol. The summed E-state index contributed by atoms with van der Waals surface area (Å²) in [5, 5.41) is 10.6. The van der Waals surface area contributed by atoms with E-state index >= 15 is 0 Å². The van der Waals surface area contributed by atoms with Crippen LogP contribution in [0.3, 0.4) is 0 Å². The molecule has 118 valence electrons. The fourth-order valence-electron chi connectivity index (χ4n) is 2.09. The fourth-order valence-corrected chi connectivity index (χ4v) is 2.09. The van der Waals surface area contributed by atoms with Gasteiger partial charge in [0, 0.05) is 17.7 Å². The number of nitro benzene ring substituents is 1. The summed E-state index contributed by atoms with van der Waals surface area (Å²) in [6, 6.07) is 15.3. The lowest BCUT2D eigenvalue weighted by atomic mass is 10.2. The Hall–Kier alpha value is -3.54. The molecule has 0 N–H and O–H groups in total. The van der Waals surface area contributed by atoms with Crippen LogP contribution in [0.2, 0.25) is 0 Å². The Morgan fingerprint density at radius 1 is 1.04 bits per heavy atom. The number of hydrogen-bond donors (Lipinski definition) is 0. The fraction of sp³-hybridized carbons (Fsp3) is 0. The molecule has 0 radical (unpaired) electrons. The van der Waals surface area contributed by atoms with Gasteiger partial charge in [-0.25, -0.2) is 9.79 Å². The number of nitro groups is 1. The normalized spacial score (nSPS) is 15.6. The van der Waals surface area contributed by atoms with Crippen LogP contribution in [-0.2, 0) is 9.53 Å². The highest BCUT2D eigenvalue weighted by molar-refractivity contribution is 6.11. The quantitative estimate of drug-likeness (QED) is 0.374. The first-order valence-electron chi connectivity index (χ1n) is 7.12. The zero-order valence-electron chi connectivity index (χ0n) is 12.5. The van der Waals surface area contributed by atoms with Crippen LogP contribution >= 0.6 is 0 Å². The van der Waals surface area contributed by atoms with E-state index in [-0.39, 0.29) is 17.3 Å². The maximum atomic E-state index is 11.8. The first kappa shape index (κ1) is 15.4. The number of allylic oxidation sites excluding steroid dienone is 2. The monoisotopic (exact) mass is 320 g/mol. The Balaban J connectivity index is 1.78. The van der Waals surface area contributed by atoms with E-state index in [4.69, 9.17) is 4.74 Å². The molecular formula is C18H12N2O4. The third kappa shape index (κ3) is 3.44. The van der Waals surface area contributed by atoms with E-state index in [1.54, 1.807) is 12.2 Å². The molecule has 2 aromatic rings. The lowest BCUT2D eigenvalue weighted by molar-refractivity contribution is -0.384. The van der Waals surface area contributed by atoms with Crippen molar-refractivity contribution in [2.24, 2.45) is 4.99 Å². The van der Waals surface area contributed by atoms with Gasteiger partial charge < -0.3 is 4.74 Å². The third-order valence-electron chi connectivity index (χ3n) is 3.29. The van der Waals surface area contributed by atoms with Crippen LogP contribution in [0.15, 0.2) is 77.4 Å². The highest BCUT2D eigenvalue weighted by atomic mass is 16.6. The van der Waals surface area contributed by atoms with Crippen LogP contribution in [0.25, 0.3) is 6.08 Å². The molecule has 3 rings (SSSR count). The van der Waals surface area contributed by atoms with E-state index < -0.39 is 10.9 Å². The number of hydrogen-bond acceptors (Lipinski definition) is 5. The Morgan fingerprint density at radius 3 is 2.42 bits per heavy atom. The molecule has 0 spiro atoms. The molecule has 0 atom stereocenters. The minimum Gasteiger partial charge on any atom is -0.402 e. The summed E-state index contributed by atoms with van der Waals surface area (Å²) in [6.07, 6.45) is 5.13. The van der Waals surface area contributed by atoms with Crippen LogP contribution < -0.4 is 0 Å². The molecule has 0 bridgehead atoms. The highest BCUT2D eigenvalue weighted by Crippen LogP contribution is 2.19. The smallest absolute Gasteiger partial charge is 0.363 e. The lowest BCUT2D eigenvalue weighted by Gasteiger charge is -1.98. The summed E-state index contributed by atoms with van der Waals surface area (Å²) in [4.78, 5) is 26.1. The highest BCUT2D eigenvalue weighted by Gasteiger charge is 2.23. The minimum absolute atomic E-state index is 0.0368. The molecule has 2 aromatic carbocycles. The van der Waals surface area contributed by atoms with E-state index in [1.165, 1.54) is 24.3 Å². The van der Waals surface area contributed by atoms with Crippen molar-refractivity contribution in [1.82, 2.24) is 0 Å². The Kier molecular flexibility index (Phi) is 4.29. The van der Waals surface area contributed by atoms with Crippen molar-refractivity contribution in [3.63, 3.8) is 0 Å². The topological polar surface area (TPSA) is 81.8 Å². The van der Waals surface area contributed by atoms with Gasteiger partial charge in [-0.2, -0.15) is 0 Å². The minimum atomic E-state index is -0.555. The number of carbonyl (C=O) groups is 1. The number of nitrogens with zero attached hydrogens (tertiary/aromatic N) is 2. The predicted molar refractivity (Wildman–Crippen MR) is 89.3 cm³/mol. The Morgan fingerprint density at radius 2 is 1.75 bits per heavy atom. The van der Waals surface area contributed by atoms with E-state index in [9.17, 15) is 14.9 Å². The SMILES string of the molecule is O=C1OC(c2ccc([N+](=O)[O-])cc2)=N/C1=C/C=C/c1ccccc1. The van der Waals surface area contributed by atoms with Crippen LogP contribution in [0.4, 0.5) is 5.69 Å². The number of esters is 1. The van der Waals surface area contributed by atoms with Gasteiger partial charge in [-0.3, -0.25) is 10.1 Å². The molecule has 0 saturated heterocycles. The second-order valence-corrected chi connectivity index (χ2v) is 4.93. The summed E-state index contributed by atoms with van der Waals surface area (Å²) >= 11 is 0. The molecule has 0 aromatic heterocycles. The molecule has 0 amide bonds. The zero-order chi connectivity index (χ0) is 16.9. The number of cyclic esters (lactones) is 1. The molecule has 1 heterocycles. The van der Waals surface area contributed by atoms with E-state index in [1.807, 2.05) is 36.4 Å². The molecule has 24 heavy (non-hydrogen) atoms. The number of non-ortho nitro benzene ring substituents is 1. The maximum absolute atomic E-state index is 11.8. The summed E-state index contributed by atoms with van der Waals surface area (Å²) in [5.74, 6) is -0.421. The summed E-state index contributed by atoms with van der Waals surface area (Å²) < 4.78 is 5.10. The first-order chi connectivity index (χ1) is 11.6.